The van der Waals surface area contributed by atoms with E-state index in [9.17, 15) is 0 Å². The third-order valence-corrected chi connectivity index (χ3v) is 4.58. The molecule has 3 heteroatoms. The van der Waals surface area contributed by atoms with Crippen molar-refractivity contribution in [2.45, 2.75) is 64.1 Å². The Morgan fingerprint density at radius 2 is 2.00 bits per heavy atom. The largest absolute Gasteiger partial charge is 0.379 e. The number of rotatable bonds is 5. The molecular formula is C15H30N2O. The van der Waals surface area contributed by atoms with Crippen LogP contribution in [-0.2, 0) is 4.74 Å². The summed E-state index contributed by atoms with van der Waals surface area (Å²) in [4.78, 5) is 2.70. The van der Waals surface area contributed by atoms with E-state index in [-0.39, 0.29) is 11.1 Å². The van der Waals surface area contributed by atoms with Gasteiger partial charge in [0.15, 0.2) is 0 Å². The van der Waals surface area contributed by atoms with Crippen LogP contribution in [0.25, 0.3) is 0 Å². The van der Waals surface area contributed by atoms with Crippen molar-refractivity contribution in [1.82, 2.24) is 10.2 Å². The molecule has 2 fully saturated rings. The summed E-state index contributed by atoms with van der Waals surface area (Å²) < 4.78 is 5.55. The van der Waals surface area contributed by atoms with Gasteiger partial charge in [-0.05, 0) is 52.9 Å². The van der Waals surface area contributed by atoms with Crippen LogP contribution in [0, 0.1) is 5.92 Å². The van der Waals surface area contributed by atoms with Crippen LogP contribution in [0.2, 0.25) is 0 Å². The number of nitrogens with one attached hydrogen (secondary N) is 1. The third kappa shape index (κ3) is 3.69. The molecule has 2 aliphatic rings. The topological polar surface area (TPSA) is 24.5 Å². The smallest absolute Gasteiger partial charge is 0.0634 e. The molecule has 3 nitrogen and oxygen atoms in total. The summed E-state index contributed by atoms with van der Waals surface area (Å²) in [5.41, 5.74) is 0.256. The first-order valence-corrected chi connectivity index (χ1v) is 7.37. The maximum atomic E-state index is 5.55. The molecule has 0 bridgehead atoms. The van der Waals surface area contributed by atoms with Gasteiger partial charge in [0.1, 0.15) is 0 Å². The average molecular weight is 254 g/mol. The molecular weight excluding hydrogens is 224 g/mol. The summed E-state index contributed by atoms with van der Waals surface area (Å²) in [6, 6.07) is 0.755. The van der Waals surface area contributed by atoms with Crippen molar-refractivity contribution in [1.29, 1.82) is 0 Å². The molecule has 106 valence electrons. The molecule has 0 radical (unpaired) electrons. The second-order valence-electron chi connectivity index (χ2n) is 7.35. The zero-order chi connectivity index (χ0) is 13.4. The molecule has 1 saturated heterocycles. The molecule has 1 saturated carbocycles. The highest BCUT2D eigenvalue weighted by atomic mass is 16.5. The van der Waals surface area contributed by atoms with Crippen molar-refractivity contribution >= 4 is 0 Å². The number of nitrogens with zero attached hydrogens (tertiary/aromatic N) is 1. The second kappa shape index (κ2) is 5.10. The molecule has 1 N–H and O–H groups in total. The van der Waals surface area contributed by atoms with E-state index < -0.39 is 0 Å². The van der Waals surface area contributed by atoms with E-state index in [4.69, 9.17) is 4.74 Å². The van der Waals surface area contributed by atoms with Crippen molar-refractivity contribution in [2.24, 2.45) is 5.92 Å². The minimum atomic E-state index is 0.00309. The predicted octanol–water partition coefficient (Wildman–Crippen LogP) is 2.26. The van der Waals surface area contributed by atoms with Crippen molar-refractivity contribution < 1.29 is 4.74 Å². The van der Waals surface area contributed by atoms with E-state index in [0.717, 1.165) is 38.0 Å². The predicted molar refractivity (Wildman–Crippen MR) is 75.9 cm³/mol. The number of piperazine rings is 1. The highest BCUT2D eigenvalue weighted by molar-refractivity contribution is 4.98. The van der Waals surface area contributed by atoms with Crippen LogP contribution in [0.3, 0.4) is 0 Å². The Hall–Kier alpha value is -0.120. The van der Waals surface area contributed by atoms with Crippen LogP contribution in [0.4, 0.5) is 0 Å². The molecule has 0 aromatic heterocycles. The van der Waals surface area contributed by atoms with Gasteiger partial charge in [-0.3, -0.25) is 4.90 Å². The molecule has 0 amide bonds. The standard InChI is InChI=1S/C15H30N2O/c1-14(2)11-17(9-8-15(3,4)18-5)13(10-16-14)12-6-7-12/h12-13,16H,6-11H2,1-5H3. The second-order valence-corrected chi connectivity index (χ2v) is 7.35. The van der Waals surface area contributed by atoms with Crippen LogP contribution in [0.1, 0.15) is 47.0 Å². The van der Waals surface area contributed by atoms with Gasteiger partial charge in [-0.25, -0.2) is 0 Å². The minimum Gasteiger partial charge on any atom is -0.379 e. The maximum absolute atomic E-state index is 5.55. The first kappa shape index (κ1) is 14.3. The summed E-state index contributed by atoms with van der Waals surface area (Å²) in [6.45, 7) is 12.5. The lowest BCUT2D eigenvalue weighted by Crippen LogP contribution is -2.62. The molecule has 0 aromatic carbocycles. The highest BCUT2D eigenvalue weighted by Crippen LogP contribution is 2.37. The maximum Gasteiger partial charge on any atom is 0.0634 e. The molecule has 1 unspecified atom stereocenters. The fraction of sp³-hybridized carbons (Fsp3) is 1.00. The van der Waals surface area contributed by atoms with Gasteiger partial charge in [-0.1, -0.05) is 0 Å². The number of hydrogen-bond acceptors (Lipinski definition) is 3. The summed E-state index contributed by atoms with van der Waals surface area (Å²) in [5.74, 6) is 0.944. The number of hydrogen-bond donors (Lipinski definition) is 1. The Morgan fingerprint density at radius 3 is 2.56 bits per heavy atom. The van der Waals surface area contributed by atoms with E-state index in [2.05, 4.69) is 37.9 Å². The molecule has 1 aliphatic heterocycles. The lowest BCUT2D eigenvalue weighted by molar-refractivity contribution is -0.00587. The van der Waals surface area contributed by atoms with Crippen molar-refractivity contribution in [2.75, 3.05) is 26.7 Å². The Labute approximate surface area is 112 Å². The van der Waals surface area contributed by atoms with Crippen molar-refractivity contribution in [3.8, 4) is 0 Å². The van der Waals surface area contributed by atoms with Gasteiger partial charge in [0.2, 0.25) is 0 Å². The highest BCUT2D eigenvalue weighted by Gasteiger charge is 2.41. The lowest BCUT2D eigenvalue weighted by Gasteiger charge is -2.45. The molecule has 2 rings (SSSR count). The Morgan fingerprint density at radius 1 is 1.33 bits per heavy atom. The summed E-state index contributed by atoms with van der Waals surface area (Å²) in [7, 11) is 1.82. The molecule has 18 heavy (non-hydrogen) atoms. The SMILES string of the molecule is COC(C)(C)CCN1CC(C)(C)NCC1C1CC1. The number of ether oxygens (including phenoxy) is 1. The van der Waals surface area contributed by atoms with Gasteiger partial charge >= 0.3 is 0 Å². The van der Waals surface area contributed by atoms with Crippen LogP contribution in [0.15, 0.2) is 0 Å². The Balaban J connectivity index is 1.92. The van der Waals surface area contributed by atoms with Crippen molar-refractivity contribution in [3.63, 3.8) is 0 Å². The number of methoxy groups -OCH3 is 1. The zero-order valence-electron chi connectivity index (χ0n) is 12.8. The molecule has 1 aliphatic carbocycles. The van der Waals surface area contributed by atoms with Gasteiger partial charge in [0.25, 0.3) is 0 Å². The van der Waals surface area contributed by atoms with Crippen LogP contribution >= 0.6 is 0 Å². The van der Waals surface area contributed by atoms with Gasteiger partial charge in [-0.2, -0.15) is 0 Å². The third-order valence-electron chi connectivity index (χ3n) is 4.58. The van der Waals surface area contributed by atoms with Gasteiger partial charge in [0, 0.05) is 38.3 Å². The van der Waals surface area contributed by atoms with Crippen LogP contribution in [0.5, 0.6) is 0 Å². The van der Waals surface area contributed by atoms with Gasteiger partial charge < -0.3 is 10.1 Å². The normalized spacial score (nSPS) is 29.5. The summed E-state index contributed by atoms with van der Waals surface area (Å²) >= 11 is 0. The van der Waals surface area contributed by atoms with Crippen molar-refractivity contribution in [3.05, 3.63) is 0 Å². The molecule has 1 heterocycles. The fourth-order valence-corrected chi connectivity index (χ4v) is 2.90. The zero-order valence-corrected chi connectivity index (χ0v) is 12.8. The Kier molecular flexibility index (Phi) is 4.05. The average Bonchev–Trinajstić information content (AvgIpc) is 3.10. The van der Waals surface area contributed by atoms with Gasteiger partial charge in [-0.15, -0.1) is 0 Å². The first-order valence-electron chi connectivity index (χ1n) is 7.37. The van der Waals surface area contributed by atoms with E-state index in [0.29, 0.717) is 0 Å². The van der Waals surface area contributed by atoms with E-state index in [1.807, 2.05) is 7.11 Å². The quantitative estimate of drug-likeness (QED) is 0.814. The monoisotopic (exact) mass is 254 g/mol. The summed E-state index contributed by atoms with van der Waals surface area (Å²) in [6.07, 6.45) is 3.97. The lowest BCUT2D eigenvalue weighted by atomic mass is 9.95. The molecule has 0 spiro atoms. The van der Waals surface area contributed by atoms with E-state index in [1.165, 1.54) is 12.8 Å². The van der Waals surface area contributed by atoms with Crippen LogP contribution < -0.4 is 5.32 Å². The molecule has 0 aromatic rings. The minimum absolute atomic E-state index is 0.00309. The van der Waals surface area contributed by atoms with E-state index >= 15 is 0 Å². The fourth-order valence-electron chi connectivity index (χ4n) is 2.90. The summed E-state index contributed by atoms with van der Waals surface area (Å²) in [5, 5.41) is 3.70. The Bertz CT molecular complexity index is 284. The van der Waals surface area contributed by atoms with Crippen LogP contribution in [-0.4, -0.2) is 48.8 Å². The molecule has 1 atom stereocenters. The van der Waals surface area contributed by atoms with Gasteiger partial charge in [0.05, 0.1) is 5.60 Å². The van der Waals surface area contributed by atoms with E-state index in [1.54, 1.807) is 0 Å². The first-order chi connectivity index (χ1) is 8.33.